The van der Waals surface area contributed by atoms with Crippen LogP contribution in [0.2, 0.25) is 0 Å². The number of benzene rings is 1. The molecule has 1 aromatic carbocycles. The minimum absolute atomic E-state index is 0.183. The fraction of sp³-hybridized carbons (Fsp3) is 0.167. The van der Waals surface area contributed by atoms with Gasteiger partial charge in [-0.05, 0) is 35.5 Å². The number of halogens is 1. The standard InChI is InChI=1S/C12H12FPS/c1-2-11-10(14)7-12(15-11)8-3-5-9(13)6-4-8/h3-7H,2,14H2,1H3. The molecule has 0 nitrogen and oxygen atoms in total. The second-order valence-corrected chi connectivity index (χ2v) is 5.11. The predicted octanol–water partition coefficient (Wildman–Crippen LogP) is 3.62. The van der Waals surface area contributed by atoms with E-state index in [1.165, 1.54) is 27.2 Å². The molecule has 0 saturated heterocycles. The van der Waals surface area contributed by atoms with Crippen molar-refractivity contribution in [3.8, 4) is 10.4 Å². The first-order chi connectivity index (χ1) is 7.20. The van der Waals surface area contributed by atoms with E-state index in [-0.39, 0.29) is 5.82 Å². The molecular formula is C12H12FPS. The van der Waals surface area contributed by atoms with Crippen LogP contribution in [0.25, 0.3) is 10.4 Å². The van der Waals surface area contributed by atoms with Gasteiger partial charge in [-0.2, -0.15) is 0 Å². The molecule has 3 heteroatoms. The summed E-state index contributed by atoms with van der Waals surface area (Å²) in [6.45, 7) is 2.15. The molecule has 1 heterocycles. The summed E-state index contributed by atoms with van der Waals surface area (Å²) in [6.07, 6.45) is 1.05. The van der Waals surface area contributed by atoms with Gasteiger partial charge < -0.3 is 0 Å². The lowest BCUT2D eigenvalue weighted by Crippen LogP contribution is -1.90. The Kier molecular flexibility index (Phi) is 3.18. The minimum atomic E-state index is -0.183. The third-order valence-corrected chi connectivity index (χ3v) is 4.36. The van der Waals surface area contributed by atoms with Crippen LogP contribution in [0.5, 0.6) is 0 Å². The first-order valence-electron chi connectivity index (χ1n) is 4.85. The Bertz CT molecular complexity index is 459. The van der Waals surface area contributed by atoms with Crippen molar-refractivity contribution in [1.82, 2.24) is 0 Å². The van der Waals surface area contributed by atoms with E-state index in [2.05, 4.69) is 22.2 Å². The fourth-order valence-corrected chi connectivity index (χ4v) is 3.17. The van der Waals surface area contributed by atoms with Gasteiger partial charge in [0.2, 0.25) is 0 Å². The van der Waals surface area contributed by atoms with Gasteiger partial charge >= 0.3 is 0 Å². The Balaban J connectivity index is 2.41. The third-order valence-electron chi connectivity index (χ3n) is 2.29. The van der Waals surface area contributed by atoms with Crippen molar-refractivity contribution in [2.24, 2.45) is 0 Å². The molecule has 2 aromatic rings. The highest BCUT2D eigenvalue weighted by atomic mass is 32.1. The highest BCUT2D eigenvalue weighted by molar-refractivity contribution is 7.30. The Hall–Kier alpha value is -0.720. The first-order valence-corrected chi connectivity index (χ1v) is 6.24. The molecule has 0 fully saturated rings. The highest BCUT2D eigenvalue weighted by Crippen LogP contribution is 2.28. The Morgan fingerprint density at radius 1 is 1.27 bits per heavy atom. The molecule has 78 valence electrons. The molecule has 15 heavy (non-hydrogen) atoms. The van der Waals surface area contributed by atoms with Gasteiger partial charge in [0.05, 0.1) is 0 Å². The van der Waals surface area contributed by atoms with E-state index >= 15 is 0 Å². The lowest BCUT2D eigenvalue weighted by molar-refractivity contribution is 0.628. The van der Waals surface area contributed by atoms with Crippen LogP contribution in [0.1, 0.15) is 11.8 Å². The first kappa shape index (κ1) is 10.8. The zero-order chi connectivity index (χ0) is 10.8. The van der Waals surface area contributed by atoms with Gasteiger partial charge in [0.1, 0.15) is 5.82 Å². The molecule has 0 aliphatic carbocycles. The highest BCUT2D eigenvalue weighted by Gasteiger charge is 2.05. The summed E-state index contributed by atoms with van der Waals surface area (Å²) in [5, 5.41) is 1.25. The molecule has 0 aliphatic rings. The number of hydrogen-bond donors (Lipinski definition) is 0. The van der Waals surface area contributed by atoms with Crippen molar-refractivity contribution in [1.29, 1.82) is 0 Å². The van der Waals surface area contributed by atoms with E-state index in [0.717, 1.165) is 12.0 Å². The SMILES string of the molecule is CCc1sc(-c2ccc(F)cc2)cc1P. The third kappa shape index (κ3) is 2.27. The van der Waals surface area contributed by atoms with Crippen molar-refractivity contribution in [3.05, 3.63) is 41.0 Å². The van der Waals surface area contributed by atoms with E-state index in [1.54, 1.807) is 11.3 Å². The van der Waals surface area contributed by atoms with Crippen LogP contribution in [0, 0.1) is 5.82 Å². The normalized spacial score (nSPS) is 10.6. The summed E-state index contributed by atoms with van der Waals surface area (Å²) in [6, 6.07) is 8.79. The van der Waals surface area contributed by atoms with E-state index in [4.69, 9.17) is 0 Å². The van der Waals surface area contributed by atoms with Crippen molar-refractivity contribution < 1.29 is 4.39 Å². The van der Waals surface area contributed by atoms with Gasteiger partial charge in [-0.3, -0.25) is 0 Å². The maximum atomic E-state index is 12.8. The largest absolute Gasteiger partial charge is 0.207 e. The molecule has 0 amide bonds. The molecular weight excluding hydrogens is 226 g/mol. The Morgan fingerprint density at radius 3 is 2.47 bits per heavy atom. The molecule has 0 radical (unpaired) electrons. The van der Waals surface area contributed by atoms with Crippen LogP contribution in [0.4, 0.5) is 4.39 Å². The molecule has 2 rings (SSSR count). The number of rotatable bonds is 2. The lowest BCUT2D eigenvalue weighted by Gasteiger charge is -1.95. The topological polar surface area (TPSA) is 0 Å². The maximum Gasteiger partial charge on any atom is 0.123 e. The molecule has 1 aromatic heterocycles. The Labute approximate surface area is 95.4 Å². The maximum absolute atomic E-state index is 12.8. The predicted molar refractivity (Wildman–Crippen MR) is 68.4 cm³/mol. The van der Waals surface area contributed by atoms with Crippen molar-refractivity contribution >= 4 is 25.9 Å². The number of hydrogen-bond acceptors (Lipinski definition) is 1. The van der Waals surface area contributed by atoms with Crippen LogP contribution in [-0.2, 0) is 6.42 Å². The summed E-state index contributed by atoms with van der Waals surface area (Å²) in [5.74, 6) is -0.183. The molecule has 0 aliphatic heterocycles. The van der Waals surface area contributed by atoms with Gasteiger partial charge in [0, 0.05) is 9.75 Å². The van der Waals surface area contributed by atoms with Crippen LogP contribution in [0.15, 0.2) is 30.3 Å². The van der Waals surface area contributed by atoms with Gasteiger partial charge in [0.15, 0.2) is 0 Å². The van der Waals surface area contributed by atoms with Crippen molar-refractivity contribution in [3.63, 3.8) is 0 Å². The minimum Gasteiger partial charge on any atom is -0.207 e. The average Bonchev–Trinajstić information content (AvgIpc) is 2.61. The fourth-order valence-electron chi connectivity index (χ4n) is 1.48. The van der Waals surface area contributed by atoms with Crippen molar-refractivity contribution in [2.45, 2.75) is 13.3 Å². The summed E-state index contributed by atoms with van der Waals surface area (Å²) in [7, 11) is 2.75. The van der Waals surface area contributed by atoms with Gasteiger partial charge in [-0.15, -0.1) is 20.6 Å². The molecule has 1 atom stereocenters. The second kappa shape index (κ2) is 4.42. The number of thiophene rings is 1. The molecule has 0 bridgehead atoms. The average molecular weight is 238 g/mol. The summed E-state index contributed by atoms with van der Waals surface area (Å²) >= 11 is 1.78. The molecule has 1 unspecified atom stereocenters. The van der Waals surface area contributed by atoms with E-state index < -0.39 is 0 Å². The molecule has 0 N–H and O–H groups in total. The van der Waals surface area contributed by atoms with E-state index in [1.807, 2.05) is 12.1 Å². The van der Waals surface area contributed by atoms with E-state index in [9.17, 15) is 4.39 Å². The van der Waals surface area contributed by atoms with Gasteiger partial charge in [-0.1, -0.05) is 19.1 Å². The zero-order valence-corrected chi connectivity index (χ0v) is 10.4. The van der Waals surface area contributed by atoms with Crippen LogP contribution < -0.4 is 5.30 Å². The van der Waals surface area contributed by atoms with Crippen LogP contribution in [-0.4, -0.2) is 0 Å². The van der Waals surface area contributed by atoms with E-state index in [0.29, 0.717) is 0 Å². The number of aryl methyl sites for hydroxylation is 1. The monoisotopic (exact) mass is 238 g/mol. The second-order valence-electron chi connectivity index (χ2n) is 3.35. The van der Waals surface area contributed by atoms with Crippen molar-refractivity contribution in [2.75, 3.05) is 0 Å². The summed E-state index contributed by atoms with van der Waals surface area (Å²) in [4.78, 5) is 2.58. The lowest BCUT2D eigenvalue weighted by atomic mass is 10.2. The quantitative estimate of drug-likeness (QED) is 0.701. The zero-order valence-electron chi connectivity index (χ0n) is 8.46. The van der Waals surface area contributed by atoms with Gasteiger partial charge in [0.25, 0.3) is 0 Å². The summed E-state index contributed by atoms with van der Waals surface area (Å²) < 4.78 is 12.8. The van der Waals surface area contributed by atoms with Crippen LogP contribution >= 0.6 is 20.6 Å². The Morgan fingerprint density at radius 2 is 1.93 bits per heavy atom. The molecule has 0 saturated carbocycles. The van der Waals surface area contributed by atoms with Crippen LogP contribution in [0.3, 0.4) is 0 Å². The smallest absolute Gasteiger partial charge is 0.123 e. The summed E-state index contributed by atoms with van der Waals surface area (Å²) in [5.41, 5.74) is 1.09. The van der Waals surface area contributed by atoms with Gasteiger partial charge in [-0.25, -0.2) is 4.39 Å². The molecule has 0 spiro atoms.